The molecule has 0 heterocycles. The van der Waals surface area contributed by atoms with Crippen molar-refractivity contribution in [2.45, 2.75) is 64.6 Å². The molecule has 1 saturated carbocycles. The number of halogens is 2. The van der Waals surface area contributed by atoms with Crippen molar-refractivity contribution in [2.75, 3.05) is 6.61 Å². The van der Waals surface area contributed by atoms with Crippen LogP contribution in [0.2, 0.25) is 0 Å². The van der Waals surface area contributed by atoms with Crippen molar-refractivity contribution in [2.24, 2.45) is 0 Å². The predicted octanol–water partition coefficient (Wildman–Crippen LogP) is 6.28. The Hall–Kier alpha value is -3.19. The fourth-order valence-corrected chi connectivity index (χ4v) is 5.15. The van der Waals surface area contributed by atoms with E-state index >= 15 is 0 Å². The first-order chi connectivity index (χ1) is 18.3. The van der Waals surface area contributed by atoms with Crippen molar-refractivity contribution in [1.82, 2.24) is 10.2 Å². The second-order valence-electron chi connectivity index (χ2n) is 10.0. The SMILES string of the molecule is Cc1cc(OCC(=O)N(Cc2ccc(F)cc2)[C@@H](Cc2ccccc2)C(=O)NC2CCCC2)cc(C)c1Br. The van der Waals surface area contributed by atoms with E-state index in [1.54, 1.807) is 17.0 Å². The molecule has 4 rings (SSSR count). The van der Waals surface area contributed by atoms with Crippen LogP contribution in [-0.4, -0.2) is 35.4 Å². The lowest BCUT2D eigenvalue weighted by molar-refractivity contribution is -0.143. The second kappa shape index (κ2) is 13.1. The fourth-order valence-electron chi connectivity index (χ4n) is 4.93. The van der Waals surface area contributed by atoms with E-state index in [-0.39, 0.29) is 36.8 Å². The summed E-state index contributed by atoms with van der Waals surface area (Å²) < 4.78 is 20.6. The normalized spacial score (nSPS) is 14.2. The number of nitrogens with zero attached hydrogens (tertiary/aromatic N) is 1. The molecule has 0 unspecified atom stereocenters. The van der Waals surface area contributed by atoms with E-state index < -0.39 is 6.04 Å². The molecule has 2 amide bonds. The van der Waals surface area contributed by atoms with Gasteiger partial charge in [-0.3, -0.25) is 9.59 Å². The van der Waals surface area contributed by atoms with E-state index in [0.717, 1.165) is 52.4 Å². The summed E-state index contributed by atoms with van der Waals surface area (Å²) in [7, 11) is 0. The van der Waals surface area contributed by atoms with Gasteiger partial charge < -0.3 is 15.0 Å². The molecule has 1 atom stereocenters. The summed E-state index contributed by atoms with van der Waals surface area (Å²) in [6.45, 7) is 3.88. The van der Waals surface area contributed by atoms with Crippen LogP contribution in [0.4, 0.5) is 4.39 Å². The van der Waals surface area contributed by atoms with E-state index in [9.17, 15) is 14.0 Å². The number of hydrogen-bond acceptors (Lipinski definition) is 3. The Bertz CT molecular complexity index is 1220. The highest BCUT2D eigenvalue weighted by Gasteiger charge is 2.32. The number of nitrogens with one attached hydrogen (secondary N) is 1. The van der Waals surface area contributed by atoms with Crippen molar-refractivity contribution >= 4 is 27.7 Å². The van der Waals surface area contributed by atoms with Crippen LogP contribution < -0.4 is 10.1 Å². The Morgan fingerprint density at radius 3 is 2.26 bits per heavy atom. The summed E-state index contributed by atoms with van der Waals surface area (Å²) in [6, 6.07) is 18.9. The van der Waals surface area contributed by atoms with Gasteiger partial charge in [-0.05, 0) is 73.2 Å². The van der Waals surface area contributed by atoms with Crippen LogP contribution in [0.1, 0.15) is 47.9 Å². The molecular formula is C31H34BrFN2O3. The molecule has 200 valence electrons. The molecule has 3 aromatic rings. The van der Waals surface area contributed by atoms with Gasteiger partial charge in [-0.2, -0.15) is 0 Å². The van der Waals surface area contributed by atoms with Gasteiger partial charge in [0.15, 0.2) is 6.61 Å². The zero-order chi connectivity index (χ0) is 27.1. The van der Waals surface area contributed by atoms with Gasteiger partial charge >= 0.3 is 0 Å². The highest BCUT2D eigenvalue weighted by molar-refractivity contribution is 9.10. The number of rotatable bonds is 10. The van der Waals surface area contributed by atoms with Crippen molar-refractivity contribution in [3.63, 3.8) is 0 Å². The maximum atomic E-state index is 13.7. The van der Waals surface area contributed by atoms with Crippen LogP contribution in [0.15, 0.2) is 71.2 Å². The molecule has 38 heavy (non-hydrogen) atoms. The molecule has 7 heteroatoms. The summed E-state index contributed by atoms with van der Waals surface area (Å²) in [5.74, 6) is -0.245. The van der Waals surface area contributed by atoms with Gasteiger partial charge in [-0.1, -0.05) is 71.2 Å². The lowest BCUT2D eigenvalue weighted by Crippen LogP contribution is -2.53. The lowest BCUT2D eigenvalue weighted by Gasteiger charge is -2.32. The largest absolute Gasteiger partial charge is 0.484 e. The first-order valence-electron chi connectivity index (χ1n) is 13.1. The van der Waals surface area contributed by atoms with Crippen LogP contribution >= 0.6 is 15.9 Å². The quantitative estimate of drug-likeness (QED) is 0.307. The third kappa shape index (κ3) is 7.44. The number of carbonyl (C=O) groups excluding carboxylic acids is 2. The minimum atomic E-state index is -0.743. The van der Waals surface area contributed by atoms with Gasteiger partial charge in [-0.15, -0.1) is 0 Å². The summed E-state index contributed by atoms with van der Waals surface area (Å²) in [5.41, 5.74) is 3.71. The Morgan fingerprint density at radius 2 is 1.63 bits per heavy atom. The van der Waals surface area contributed by atoms with Gasteiger partial charge in [0.1, 0.15) is 17.6 Å². The number of hydrogen-bond donors (Lipinski definition) is 1. The third-order valence-corrected chi connectivity index (χ3v) is 8.26. The zero-order valence-corrected chi connectivity index (χ0v) is 23.5. The Labute approximate surface area is 232 Å². The first-order valence-corrected chi connectivity index (χ1v) is 13.9. The standard InChI is InChI=1S/C31H34BrFN2O3/c1-21-16-27(17-22(2)30(21)32)38-20-29(36)35(19-24-12-14-25(33)15-13-24)28(18-23-8-4-3-5-9-23)31(37)34-26-10-6-7-11-26/h3-5,8-9,12-17,26,28H,6-7,10-11,18-20H2,1-2H3,(H,34,37)/t28-/m0/s1. The van der Waals surface area contributed by atoms with Gasteiger partial charge in [0, 0.05) is 23.5 Å². The first kappa shape index (κ1) is 27.8. The number of amides is 2. The van der Waals surface area contributed by atoms with Gasteiger partial charge in [0.2, 0.25) is 5.91 Å². The maximum Gasteiger partial charge on any atom is 0.261 e. The molecule has 3 aromatic carbocycles. The Morgan fingerprint density at radius 1 is 1.00 bits per heavy atom. The molecule has 1 aliphatic carbocycles. The minimum absolute atomic E-state index is 0.119. The smallest absolute Gasteiger partial charge is 0.261 e. The van der Waals surface area contributed by atoms with Crippen molar-refractivity contribution in [1.29, 1.82) is 0 Å². The highest BCUT2D eigenvalue weighted by Crippen LogP contribution is 2.27. The average Bonchev–Trinajstić information content (AvgIpc) is 3.42. The van der Waals surface area contributed by atoms with E-state index in [4.69, 9.17) is 4.74 Å². The molecule has 0 spiro atoms. The van der Waals surface area contributed by atoms with Crippen molar-refractivity contribution in [3.8, 4) is 5.75 Å². The van der Waals surface area contributed by atoms with E-state index in [0.29, 0.717) is 12.2 Å². The molecule has 5 nitrogen and oxygen atoms in total. The van der Waals surface area contributed by atoms with E-state index in [1.165, 1.54) is 12.1 Å². The van der Waals surface area contributed by atoms with Crippen LogP contribution in [-0.2, 0) is 22.6 Å². The average molecular weight is 582 g/mol. The fraction of sp³-hybridized carbons (Fsp3) is 0.355. The Kier molecular flexibility index (Phi) is 9.56. The highest BCUT2D eigenvalue weighted by atomic mass is 79.9. The topological polar surface area (TPSA) is 58.6 Å². The van der Waals surface area contributed by atoms with Crippen molar-refractivity contribution in [3.05, 3.63) is 99.3 Å². The molecular weight excluding hydrogens is 547 g/mol. The van der Waals surface area contributed by atoms with Crippen LogP contribution in [0.25, 0.3) is 0 Å². The molecule has 1 N–H and O–H groups in total. The van der Waals surface area contributed by atoms with Gasteiger partial charge in [0.05, 0.1) is 0 Å². The van der Waals surface area contributed by atoms with Crippen LogP contribution in [0.3, 0.4) is 0 Å². The monoisotopic (exact) mass is 580 g/mol. The molecule has 0 radical (unpaired) electrons. The zero-order valence-electron chi connectivity index (χ0n) is 21.9. The number of aryl methyl sites for hydroxylation is 2. The molecule has 0 aromatic heterocycles. The molecule has 0 saturated heterocycles. The minimum Gasteiger partial charge on any atom is -0.484 e. The summed E-state index contributed by atoms with van der Waals surface area (Å²) >= 11 is 3.56. The maximum absolute atomic E-state index is 13.7. The molecule has 0 aliphatic heterocycles. The van der Waals surface area contributed by atoms with Gasteiger partial charge in [-0.25, -0.2) is 4.39 Å². The second-order valence-corrected chi connectivity index (χ2v) is 10.8. The van der Waals surface area contributed by atoms with E-state index in [1.807, 2.05) is 56.3 Å². The van der Waals surface area contributed by atoms with Crippen LogP contribution in [0.5, 0.6) is 5.75 Å². The summed E-state index contributed by atoms with van der Waals surface area (Å²) in [4.78, 5) is 29.0. The van der Waals surface area contributed by atoms with Crippen molar-refractivity contribution < 1.29 is 18.7 Å². The number of carbonyl (C=O) groups is 2. The number of ether oxygens (including phenoxy) is 1. The molecule has 0 bridgehead atoms. The van der Waals surface area contributed by atoms with E-state index in [2.05, 4.69) is 21.2 Å². The molecule has 1 aliphatic rings. The summed E-state index contributed by atoms with van der Waals surface area (Å²) in [6.07, 6.45) is 4.43. The third-order valence-electron chi connectivity index (χ3n) is 7.01. The van der Waals surface area contributed by atoms with Crippen LogP contribution in [0, 0.1) is 19.7 Å². The molecule has 1 fully saturated rings. The number of benzene rings is 3. The summed E-state index contributed by atoms with van der Waals surface area (Å²) in [5, 5.41) is 3.19. The Balaban J connectivity index is 1.61. The predicted molar refractivity (Wildman–Crippen MR) is 150 cm³/mol. The lowest BCUT2D eigenvalue weighted by atomic mass is 10.0. The van der Waals surface area contributed by atoms with Gasteiger partial charge in [0.25, 0.3) is 5.91 Å².